The topological polar surface area (TPSA) is 101 Å². The Morgan fingerprint density at radius 2 is 1.87 bits per heavy atom. The molecule has 0 unspecified atom stereocenters. The van der Waals surface area contributed by atoms with Crippen molar-refractivity contribution in [2.75, 3.05) is 7.05 Å². The zero-order valence-corrected chi connectivity index (χ0v) is 14.2. The van der Waals surface area contributed by atoms with Crippen molar-refractivity contribution >= 4 is 24.4 Å². The van der Waals surface area contributed by atoms with Crippen LogP contribution in [0.15, 0.2) is 35.9 Å². The number of aldehydes is 1. The second-order valence-corrected chi connectivity index (χ2v) is 5.70. The third kappa shape index (κ3) is 7.97. The highest BCUT2D eigenvalue weighted by molar-refractivity contribution is 6.03. The van der Waals surface area contributed by atoms with Crippen LogP contribution in [0.5, 0.6) is 0 Å². The van der Waals surface area contributed by atoms with Gasteiger partial charge in [-0.15, -0.1) is 0 Å². The van der Waals surface area contributed by atoms with Crippen LogP contribution in [0, 0.1) is 23.2 Å². The first-order valence-electron chi connectivity index (χ1n) is 7.30. The van der Waals surface area contributed by atoms with Gasteiger partial charge in [-0.1, -0.05) is 24.3 Å². The molecule has 5 nitrogen and oxygen atoms in total. The fraction of sp³-hybridized carbons (Fsp3) is 0.333. The number of hydrogen-bond donors (Lipinski definition) is 4. The minimum Gasteiger partial charge on any atom is -0.314 e. The Hall–Kier alpha value is -2.40. The Morgan fingerprint density at radius 1 is 1.26 bits per heavy atom. The van der Waals surface area contributed by atoms with E-state index < -0.39 is 0 Å². The third-order valence-electron chi connectivity index (χ3n) is 3.34. The molecule has 23 heavy (non-hydrogen) atoms. The van der Waals surface area contributed by atoms with Crippen LogP contribution < -0.4 is 5.32 Å². The van der Waals surface area contributed by atoms with E-state index in [4.69, 9.17) is 16.2 Å². The molecule has 0 fully saturated rings. The maximum Gasteiger partial charge on any atom is 0.151 e. The lowest BCUT2D eigenvalue weighted by molar-refractivity contribution is -0.104. The van der Waals surface area contributed by atoms with Gasteiger partial charge in [-0.05, 0) is 45.0 Å². The Balaban J connectivity index is 0.000000515. The monoisotopic (exact) mass is 314 g/mol. The lowest BCUT2D eigenvalue weighted by Crippen LogP contribution is -2.38. The Kier molecular flexibility index (Phi) is 9.27. The number of benzene rings is 1. The Labute approximate surface area is 138 Å². The van der Waals surface area contributed by atoms with Gasteiger partial charge < -0.3 is 21.5 Å². The first-order chi connectivity index (χ1) is 10.8. The van der Waals surface area contributed by atoms with Gasteiger partial charge in [0.25, 0.3) is 0 Å². The maximum atomic E-state index is 9.80. The molecule has 5 heteroatoms. The van der Waals surface area contributed by atoms with Crippen molar-refractivity contribution in [1.82, 2.24) is 5.32 Å². The van der Waals surface area contributed by atoms with Crippen molar-refractivity contribution in [1.29, 1.82) is 16.2 Å². The van der Waals surface area contributed by atoms with Crippen molar-refractivity contribution in [2.24, 2.45) is 0 Å². The summed E-state index contributed by atoms with van der Waals surface area (Å²) in [6.45, 7) is 6.27. The summed E-state index contributed by atoms with van der Waals surface area (Å²) in [4.78, 5) is 9.80. The molecule has 0 aliphatic rings. The SMILES string of the molecule is CNC(C)(C)CC(=N)c1ccccc1C.N=C/C=C(\C=N)C=O. The van der Waals surface area contributed by atoms with E-state index in [9.17, 15) is 4.79 Å². The molecule has 0 heterocycles. The Bertz CT molecular complexity index is 578. The summed E-state index contributed by atoms with van der Waals surface area (Å²) in [7, 11) is 1.94. The molecule has 0 radical (unpaired) electrons. The van der Waals surface area contributed by atoms with Crippen LogP contribution in [0.4, 0.5) is 0 Å². The molecular formula is C18H26N4O. The van der Waals surface area contributed by atoms with Gasteiger partial charge in [0.15, 0.2) is 6.29 Å². The summed E-state index contributed by atoms with van der Waals surface area (Å²) in [6.07, 6.45) is 4.39. The normalized spacial score (nSPS) is 11.0. The van der Waals surface area contributed by atoms with Gasteiger partial charge in [0.05, 0.1) is 0 Å². The van der Waals surface area contributed by atoms with E-state index >= 15 is 0 Å². The second kappa shape index (κ2) is 10.3. The van der Waals surface area contributed by atoms with Gasteiger partial charge in [0, 0.05) is 35.7 Å². The summed E-state index contributed by atoms with van der Waals surface area (Å²) < 4.78 is 0. The van der Waals surface area contributed by atoms with Gasteiger partial charge in [-0.3, -0.25) is 4.79 Å². The predicted octanol–water partition coefficient (Wildman–Crippen LogP) is 3.16. The van der Waals surface area contributed by atoms with Crippen molar-refractivity contribution < 1.29 is 4.79 Å². The first-order valence-corrected chi connectivity index (χ1v) is 7.30. The smallest absolute Gasteiger partial charge is 0.151 e. The summed E-state index contributed by atoms with van der Waals surface area (Å²) >= 11 is 0. The van der Waals surface area contributed by atoms with E-state index in [0.29, 0.717) is 12.0 Å². The average molecular weight is 314 g/mol. The molecule has 0 aromatic heterocycles. The molecular weight excluding hydrogens is 288 g/mol. The van der Waals surface area contributed by atoms with Crippen LogP contribution in [0.1, 0.15) is 31.4 Å². The lowest BCUT2D eigenvalue weighted by Gasteiger charge is -2.24. The van der Waals surface area contributed by atoms with Crippen LogP contribution in [0.25, 0.3) is 0 Å². The number of hydrogen-bond acceptors (Lipinski definition) is 5. The molecule has 0 aliphatic carbocycles. The molecule has 0 spiro atoms. The van der Waals surface area contributed by atoms with Gasteiger partial charge in [-0.2, -0.15) is 0 Å². The summed E-state index contributed by atoms with van der Waals surface area (Å²) in [5, 5.41) is 24.3. The van der Waals surface area contributed by atoms with Crippen LogP contribution >= 0.6 is 0 Å². The van der Waals surface area contributed by atoms with E-state index in [1.165, 1.54) is 11.6 Å². The van der Waals surface area contributed by atoms with E-state index in [1.807, 2.05) is 25.2 Å². The number of nitrogens with one attached hydrogen (secondary N) is 4. The van der Waals surface area contributed by atoms with Gasteiger partial charge in [-0.25, -0.2) is 0 Å². The molecule has 0 amide bonds. The van der Waals surface area contributed by atoms with E-state index in [0.717, 1.165) is 24.4 Å². The lowest BCUT2D eigenvalue weighted by atomic mass is 9.92. The zero-order chi connectivity index (χ0) is 17.9. The highest BCUT2D eigenvalue weighted by atomic mass is 16.1. The highest BCUT2D eigenvalue weighted by Gasteiger charge is 2.18. The number of aryl methyl sites for hydroxylation is 1. The number of carbonyl (C=O) groups is 1. The standard InChI is InChI=1S/C13H20N2.C5H6N2O/c1-10-7-5-6-8-11(10)12(14)9-13(2,3)15-4;6-2-1-5(3-7)4-8/h5-8,14-15H,9H2,1-4H3;1-4,6-7H/b;5-1+,6-2?,7-3?. The maximum absolute atomic E-state index is 9.80. The molecule has 0 saturated heterocycles. The van der Waals surface area contributed by atoms with E-state index in [2.05, 4.69) is 32.2 Å². The van der Waals surface area contributed by atoms with E-state index in [1.54, 1.807) is 0 Å². The van der Waals surface area contributed by atoms with Crippen LogP contribution in [-0.4, -0.2) is 37.0 Å². The molecule has 0 bridgehead atoms. The molecule has 0 atom stereocenters. The zero-order valence-electron chi connectivity index (χ0n) is 14.2. The van der Waals surface area contributed by atoms with E-state index in [-0.39, 0.29) is 11.1 Å². The molecule has 1 rings (SSSR count). The van der Waals surface area contributed by atoms with Gasteiger partial charge >= 0.3 is 0 Å². The van der Waals surface area contributed by atoms with Crippen LogP contribution in [0.3, 0.4) is 0 Å². The molecule has 0 saturated carbocycles. The fourth-order valence-corrected chi connectivity index (χ4v) is 1.75. The van der Waals surface area contributed by atoms with Crippen molar-refractivity contribution in [3.8, 4) is 0 Å². The number of carbonyl (C=O) groups excluding carboxylic acids is 1. The first kappa shape index (κ1) is 20.6. The molecule has 0 aliphatic heterocycles. The number of rotatable bonds is 7. The van der Waals surface area contributed by atoms with Crippen molar-refractivity contribution in [3.63, 3.8) is 0 Å². The van der Waals surface area contributed by atoms with Gasteiger partial charge in [0.1, 0.15) is 0 Å². The quantitative estimate of drug-likeness (QED) is 0.353. The summed E-state index contributed by atoms with van der Waals surface area (Å²) in [5.74, 6) is 0. The second-order valence-electron chi connectivity index (χ2n) is 5.70. The predicted molar refractivity (Wildman–Crippen MR) is 97.5 cm³/mol. The minimum atomic E-state index is -0.0145. The third-order valence-corrected chi connectivity index (χ3v) is 3.34. The number of allylic oxidation sites excluding steroid dienone is 2. The molecule has 4 N–H and O–H groups in total. The van der Waals surface area contributed by atoms with Crippen LogP contribution in [0.2, 0.25) is 0 Å². The largest absolute Gasteiger partial charge is 0.314 e. The highest BCUT2D eigenvalue weighted by Crippen LogP contribution is 2.15. The molecule has 124 valence electrons. The van der Waals surface area contributed by atoms with Crippen LogP contribution in [-0.2, 0) is 4.79 Å². The average Bonchev–Trinajstić information content (AvgIpc) is 2.53. The molecule has 1 aromatic carbocycles. The van der Waals surface area contributed by atoms with Crippen molar-refractivity contribution in [3.05, 3.63) is 47.0 Å². The fourth-order valence-electron chi connectivity index (χ4n) is 1.75. The van der Waals surface area contributed by atoms with Crippen molar-refractivity contribution in [2.45, 2.75) is 32.7 Å². The summed E-state index contributed by atoms with van der Waals surface area (Å²) in [6, 6.07) is 8.07. The minimum absolute atomic E-state index is 0.0145. The molecule has 1 aromatic rings. The van der Waals surface area contributed by atoms with Gasteiger partial charge in [0.2, 0.25) is 0 Å². The summed E-state index contributed by atoms with van der Waals surface area (Å²) in [5.41, 5.74) is 3.13. The Morgan fingerprint density at radius 3 is 2.26 bits per heavy atom.